The predicted octanol–water partition coefficient (Wildman–Crippen LogP) is 2.08. The number of hydrogen-bond acceptors (Lipinski definition) is 4. The average molecular weight is 318 g/mol. The van der Waals surface area contributed by atoms with Gasteiger partial charge < -0.3 is 4.55 Å². The highest BCUT2D eigenvalue weighted by molar-refractivity contribution is 7.98. The number of rotatable bonds is 3. The lowest BCUT2D eigenvalue weighted by atomic mass is 10.3. The van der Waals surface area contributed by atoms with E-state index in [1.54, 1.807) is 0 Å². The molecule has 0 aliphatic rings. The maximum Gasteiger partial charge on any atom is 0.519 e. The van der Waals surface area contributed by atoms with Crippen LogP contribution in [0.4, 0.5) is 18.9 Å². The maximum atomic E-state index is 12.0. The lowest BCUT2D eigenvalue weighted by molar-refractivity contribution is -0.384. The second-order valence-corrected chi connectivity index (χ2v) is 6.02. The molecule has 1 unspecified atom stereocenters. The Labute approximate surface area is 107 Å². The Morgan fingerprint density at radius 3 is 2.11 bits per heavy atom. The predicted molar refractivity (Wildman–Crippen MR) is 58.8 cm³/mol. The minimum Gasteiger partial charge on any atom is -0.317 e. The van der Waals surface area contributed by atoms with Gasteiger partial charge in [-0.15, -0.1) is 3.77 Å². The van der Waals surface area contributed by atoms with Crippen molar-refractivity contribution in [2.24, 2.45) is 3.77 Å². The minimum absolute atomic E-state index is 0.293. The summed E-state index contributed by atoms with van der Waals surface area (Å²) in [5, 5.41) is 10.3. The Hall–Kier alpha value is -1.53. The third kappa shape index (κ3) is 3.71. The molecule has 0 heterocycles. The third-order valence-electron chi connectivity index (χ3n) is 1.72. The van der Waals surface area contributed by atoms with Crippen molar-refractivity contribution >= 4 is 26.7 Å². The second-order valence-electron chi connectivity index (χ2n) is 3.01. The fraction of sp³-hybridized carbons (Fsp3) is 0.143. The monoisotopic (exact) mass is 318 g/mol. The van der Waals surface area contributed by atoms with E-state index in [0.29, 0.717) is 0 Å². The Bertz CT molecular complexity index is 623. The molecule has 19 heavy (non-hydrogen) atoms. The zero-order valence-corrected chi connectivity index (χ0v) is 10.4. The number of nitrogens with zero attached hydrogens (tertiary/aromatic N) is 2. The fourth-order valence-corrected chi connectivity index (χ4v) is 2.67. The maximum absolute atomic E-state index is 12.0. The molecule has 0 aliphatic carbocycles. The first kappa shape index (κ1) is 15.5. The molecule has 7 nitrogen and oxygen atoms in total. The molecular weight excluding hydrogens is 313 g/mol. The van der Waals surface area contributed by atoms with Crippen LogP contribution in [-0.4, -0.2) is 23.4 Å². The van der Waals surface area contributed by atoms with Crippen molar-refractivity contribution in [2.75, 3.05) is 0 Å². The molecule has 0 radical (unpaired) electrons. The van der Waals surface area contributed by atoms with Crippen LogP contribution in [0.1, 0.15) is 0 Å². The van der Waals surface area contributed by atoms with Gasteiger partial charge in [0.05, 0.1) is 15.9 Å². The van der Waals surface area contributed by atoms with Gasteiger partial charge in [0.15, 0.2) is 0 Å². The highest BCUT2D eigenvalue weighted by atomic mass is 32.3. The molecule has 0 amide bonds. The molecule has 0 fully saturated rings. The van der Waals surface area contributed by atoms with E-state index in [0.717, 1.165) is 24.3 Å². The number of sulfonamides is 1. The van der Waals surface area contributed by atoms with Crippen LogP contribution < -0.4 is 0 Å². The first-order valence-corrected chi connectivity index (χ1v) is 6.84. The first-order chi connectivity index (χ1) is 8.54. The molecule has 12 heteroatoms. The SMILES string of the molecule is O=[N+]([O-])c1ccc(/S(O)=N\S(=O)(=O)C(F)(F)F)cc1. The number of non-ortho nitro benzene ring substituents is 1. The van der Waals surface area contributed by atoms with Gasteiger partial charge in [0.1, 0.15) is 0 Å². The quantitative estimate of drug-likeness (QED) is 0.677. The van der Waals surface area contributed by atoms with Crippen LogP contribution in [0.3, 0.4) is 0 Å². The van der Waals surface area contributed by atoms with Gasteiger partial charge in [-0.2, -0.15) is 21.6 Å². The molecule has 0 saturated heterocycles. The minimum atomic E-state index is -5.82. The number of nitro groups is 1. The summed E-state index contributed by atoms with van der Waals surface area (Å²) in [4.78, 5) is 9.27. The summed E-state index contributed by atoms with van der Waals surface area (Å²) in [7, 11) is -8.39. The summed E-state index contributed by atoms with van der Waals surface area (Å²) in [5.41, 5.74) is -5.97. The van der Waals surface area contributed by atoms with Crippen LogP contribution in [0.5, 0.6) is 0 Å². The van der Waals surface area contributed by atoms with Crippen molar-refractivity contribution in [1.29, 1.82) is 0 Å². The van der Waals surface area contributed by atoms with Gasteiger partial charge >= 0.3 is 15.5 Å². The van der Waals surface area contributed by atoms with Gasteiger partial charge in [0, 0.05) is 17.0 Å². The average Bonchev–Trinajstić information content (AvgIpc) is 2.27. The van der Waals surface area contributed by atoms with Crippen LogP contribution in [0.2, 0.25) is 0 Å². The van der Waals surface area contributed by atoms with Gasteiger partial charge in [-0.1, -0.05) is 0 Å². The normalized spacial score (nSPS) is 14.3. The third-order valence-corrected chi connectivity index (χ3v) is 4.35. The van der Waals surface area contributed by atoms with Crippen molar-refractivity contribution in [1.82, 2.24) is 0 Å². The molecule has 1 aromatic rings. The Kier molecular flexibility index (Phi) is 4.27. The van der Waals surface area contributed by atoms with E-state index in [1.165, 1.54) is 0 Å². The highest BCUT2D eigenvalue weighted by Crippen LogP contribution is 2.26. The molecule has 0 spiro atoms. The summed E-state index contributed by atoms with van der Waals surface area (Å²) in [6, 6.07) is 3.63. The Morgan fingerprint density at radius 2 is 1.74 bits per heavy atom. The molecule has 1 rings (SSSR count). The summed E-state index contributed by atoms with van der Waals surface area (Å²) < 4.78 is 68.9. The van der Waals surface area contributed by atoms with E-state index >= 15 is 0 Å². The van der Waals surface area contributed by atoms with Crippen molar-refractivity contribution in [2.45, 2.75) is 10.4 Å². The van der Waals surface area contributed by atoms with Gasteiger partial charge in [-0.05, 0) is 12.1 Å². The molecule has 0 aliphatic heterocycles. The van der Waals surface area contributed by atoms with Crippen molar-refractivity contribution in [3.63, 3.8) is 0 Å². The Balaban J connectivity index is 3.14. The highest BCUT2D eigenvalue weighted by Gasteiger charge is 2.46. The number of benzene rings is 1. The number of halogens is 3. The Morgan fingerprint density at radius 1 is 1.26 bits per heavy atom. The van der Waals surface area contributed by atoms with Crippen molar-refractivity contribution in [3.05, 3.63) is 34.4 Å². The van der Waals surface area contributed by atoms with E-state index in [1.807, 2.05) is 0 Å². The number of nitro benzene ring substituents is 1. The molecule has 106 valence electrons. The van der Waals surface area contributed by atoms with E-state index in [9.17, 15) is 36.3 Å². The standard InChI is InChI=1S/C7H5F3N2O5S2/c8-7(9,10)19(16,17)11-18(15)6-3-1-5(2-4-6)12(13)14/h1-4H,(H,11,15). The molecule has 1 N–H and O–H groups in total. The van der Waals surface area contributed by atoms with Gasteiger partial charge in [0.25, 0.3) is 5.69 Å². The second kappa shape index (κ2) is 5.22. The molecule has 0 saturated carbocycles. The fourth-order valence-electron chi connectivity index (χ4n) is 0.868. The van der Waals surface area contributed by atoms with Crippen molar-refractivity contribution in [3.8, 4) is 0 Å². The number of hydrogen-bond donors (Lipinski definition) is 1. The van der Waals surface area contributed by atoms with Crippen LogP contribution in [0, 0.1) is 10.1 Å². The van der Waals surface area contributed by atoms with E-state index in [-0.39, 0.29) is 10.6 Å². The van der Waals surface area contributed by atoms with Crippen LogP contribution in [0.25, 0.3) is 0 Å². The van der Waals surface area contributed by atoms with Crippen LogP contribution >= 0.6 is 0 Å². The van der Waals surface area contributed by atoms with E-state index < -0.39 is 31.4 Å². The smallest absolute Gasteiger partial charge is 0.317 e. The first-order valence-electron chi connectivity index (χ1n) is 4.27. The largest absolute Gasteiger partial charge is 0.519 e. The molecule has 1 aromatic carbocycles. The zero-order chi connectivity index (χ0) is 14.8. The van der Waals surface area contributed by atoms with Gasteiger partial charge in [-0.3, -0.25) is 10.1 Å². The molecule has 0 bridgehead atoms. The molecule has 1 atom stereocenters. The number of alkyl halides is 3. The lowest BCUT2D eigenvalue weighted by Gasteiger charge is -2.04. The van der Waals surface area contributed by atoms with Gasteiger partial charge in [0.2, 0.25) is 0 Å². The molecule has 0 aromatic heterocycles. The van der Waals surface area contributed by atoms with Gasteiger partial charge in [-0.25, -0.2) is 0 Å². The zero-order valence-electron chi connectivity index (χ0n) is 8.73. The van der Waals surface area contributed by atoms with Crippen LogP contribution in [0.15, 0.2) is 32.9 Å². The molecular formula is C7H5F3N2O5S2. The van der Waals surface area contributed by atoms with E-state index in [2.05, 4.69) is 3.77 Å². The van der Waals surface area contributed by atoms with E-state index in [4.69, 9.17) is 0 Å². The summed E-state index contributed by atoms with van der Waals surface area (Å²) >= 11 is 0. The topological polar surface area (TPSA) is 110 Å². The summed E-state index contributed by atoms with van der Waals surface area (Å²) in [6.45, 7) is 0. The summed E-state index contributed by atoms with van der Waals surface area (Å²) in [6.07, 6.45) is 0. The van der Waals surface area contributed by atoms with Crippen LogP contribution in [-0.2, 0) is 21.0 Å². The lowest BCUT2D eigenvalue weighted by Crippen LogP contribution is -2.21. The van der Waals surface area contributed by atoms with Crippen molar-refractivity contribution < 1.29 is 31.1 Å². The summed E-state index contributed by atoms with van der Waals surface area (Å²) in [5.74, 6) is 0.